The lowest BCUT2D eigenvalue weighted by molar-refractivity contribution is -0.143. The van der Waals surface area contributed by atoms with Crippen molar-refractivity contribution < 1.29 is 76.3 Å². The summed E-state index contributed by atoms with van der Waals surface area (Å²) in [6.45, 7) is 11.2. The highest BCUT2D eigenvalue weighted by molar-refractivity contribution is 9.09. The van der Waals surface area contributed by atoms with E-state index in [4.69, 9.17) is 61.9 Å². The summed E-state index contributed by atoms with van der Waals surface area (Å²) in [6.07, 6.45) is 0. The number of carboxylic acids is 1. The van der Waals surface area contributed by atoms with Crippen LogP contribution >= 0.6 is 15.9 Å². The molecule has 0 heterocycles. The first-order valence-electron chi connectivity index (χ1n) is 16.2. The quantitative estimate of drug-likeness (QED) is 0.0614. The lowest BCUT2D eigenvalue weighted by atomic mass is 10.6. The fourth-order valence-corrected chi connectivity index (χ4v) is 3.35. The molecule has 0 aromatic rings. The molecule has 0 spiro atoms. The van der Waals surface area contributed by atoms with E-state index >= 15 is 0 Å². The molecule has 0 aromatic carbocycles. The number of carboxylic acid groups (broad SMARTS) is 1. The zero-order chi connectivity index (χ0) is 34.9. The molecule has 2 N–H and O–H groups in total. The van der Waals surface area contributed by atoms with Gasteiger partial charge in [0.15, 0.2) is 0 Å². The molecule has 48 heavy (non-hydrogen) atoms. The molecule has 0 aliphatic carbocycles. The van der Waals surface area contributed by atoms with E-state index in [0.29, 0.717) is 165 Å². The Balaban J connectivity index is 3.08. The molecule has 0 aliphatic heterocycles. The molecular formula is C30H58BrNO16. The topological polar surface area (TPSA) is 186 Å². The van der Waals surface area contributed by atoms with Crippen LogP contribution in [0.3, 0.4) is 0 Å². The SMILES string of the molecule is O=C(O)COCC(=O)NCCOCCOCCOCCOCCOCCOCCOCCOCCOCCOCCOCCOCCBr. The van der Waals surface area contributed by atoms with Gasteiger partial charge in [-0.25, -0.2) is 4.79 Å². The largest absolute Gasteiger partial charge is 0.480 e. The van der Waals surface area contributed by atoms with Crippen LogP contribution in [0.4, 0.5) is 0 Å². The number of carbonyl (C=O) groups is 2. The van der Waals surface area contributed by atoms with Crippen molar-refractivity contribution in [3.8, 4) is 0 Å². The lowest BCUT2D eigenvalue weighted by Gasteiger charge is -2.09. The summed E-state index contributed by atoms with van der Waals surface area (Å²) in [4.78, 5) is 21.6. The molecule has 0 aliphatic rings. The normalized spacial score (nSPS) is 11.4. The van der Waals surface area contributed by atoms with E-state index in [1.54, 1.807) is 0 Å². The van der Waals surface area contributed by atoms with E-state index in [1.165, 1.54) is 0 Å². The second-order valence-corrected chi connectivity index (χ2v) is 10.1. The maximum Gasteiger partial charge on any atom is 0.329 e. The van der Waals surface area contributed by atoms with Gasteiger partial charge in [-0.1, -0.05) is 15.9 Å². The molecule has 0 unspecified atom stereocenters. The fraction of sp³-hybridized carbons (Fsp3) is 0.933. The Morgan fingerprint density at radius 3 is 0.875 bits per heavy atom. The van der Waals surface area contributed by atoms with Crippen LogP contribution in [0.1, 0.15) is 0 Å². The third-order valence-electron chi connectivity index (χ3n) is 5.34. The number of ether oxygens (including phenoxy) is 13. The predicted molar refractivity (Wildman–Crippen MR) is 175 cm³/mol. The number of rotatable bonds is 42. The van der Waals surface area contributed by atoms with Crippen molar-refractivity contribution in [2.45, 2.75) is 0 Å². The van der Waals surface area contributed by atoms with Crippen molar-refractivity contribution in [3.05, 3.63) is 0 Å². The number of amides is 1. The smallest absolute Gasteiger partial charge is 0.329 e. The van der Waals surface area contributed by atoms with Crippen molar-refractivity contribution in [1.82, 2.24) is 5.32 Å². The van der Waals surface area contributed by atoms with Gasteiger partial charge in [-0.2, -0.15) is 0 Å². The molecule has 0 saturated carbocycles. The van der Waals surface area contributed by atoms with Gasteiger partial charge in [0, 0.05) is 11.9 Å². The van der Waals surface area contributed by atoms with Crippen molar-refractivity contribution >= 4 is 27.8 Å². The van der Waals surface area contributed by atoms with Crippen molar-refractivity contribution in [1.29, 1.82) is 0 Å². The highest BCUT2D eigenvalue weighted by Gasteiger charge is 2.03. The van der Waals surface area contributed by atoms with E-state index in [2.05, 4.69) is 26.0 Å². The Morgan fingerprint density at radius 2 is 0.625 bits per heavy atom. The summed E-state index contributed by atoms with van der Waals surface area (Å²) >= 11 is 3.29. The van der Waals surface area contributed by atoms with Gasteiger partial charge in [0.2, 0.25) is 5.91 Å². The second-order valence-electron chi connectivity index (χ2n) is 9.27. The number of halogens is 1. The van der Waals surface area contributed by atoms with Crippen molar-refractivity contribution in [3.63, 3.8) is 0 Å². The minimum atomic E-state index is -1.12. The molecule has 0 fully saturated rings. The number of hydrogen-bond acceptors (Lipinski definition) is 15. The van der Waals surface area contributed by atoms with Crippen LogP contribution in [0, 0.1) is 0 Å². The molecule has 0 bridgehead atoms. The minimum absolute atomic E-state index is 0.299. The van der Waals surface area contributed by atoms with Gasteiger partial charge >= 0.3 is 5.97 Å². The van der Waals surface area contributed by atoms with Gasteiger partial charge in [0.25, 0.3) is 0 Å². The van der Waals surface area contributed by atoms with E-state index in [9.17, 15) is 9.59 Å². The van der Waals surface area contributed by atoms with E-state index in [0.717, 1.165) is 5.33 Å². The fourth-order valence-electron chi connectivity index (χ4n) is 3.12. The summed E-state index contributed by atoms with van der Waals surface area (Å²) < 4.78 is 69.6. The lowest BCUT2D eigenvalue weighted by Crippen LogP contribution is -2.31. The maximum atomic E-state index is 11.4. The summed E-state index contributed by atoms with van der Waals surface area (Å²) in [5.41, 5.74) is 0. The van der Waals surface area contributed by atoms with Crippen LogP contribution in [0.2, 0.25) is 0 Å². The van der Waals surface area contributed by atoms with Gasteiger partial charge in [0.05, 0.1) is 159 Å². The number of alkyl halides is 1. The van der Waals surface area contributed by atoms with Gasteiger partial charge < -0.3 is 72.0 Å². The standard InChI is InChI=1S/C30H58BrNO16/c31-1-3-36-5-7-38-9-11-40-13-15-42-17-19-44-21-23-46-25-26-47-24-22-45-20-18-43-16-14-41-12-10-39-8-6-37-4-2-32-29(33)27-48-28-30(34)35/h1-28H2,(H,32,33)(H,34,35). The predicted octanol–water partition coefficient (Wildman–Crippen LogP) is -0.202. The average molecular weight is 769 g/mol. The monoisotopic (exact) mass is 767 g/mol. The van der Waals surface area contributed by atoms with Crippen LogP contribution in [-0.4, -0.2) is 201 Å². The van der Waals surface area contributed by atoms with Crippen LogP contribution in [-0.2, 0) is 71.2 Å². The molecule has 0 radical (unpaired) electrons. The summed E-state index contributed by atoms with van der Waals surface area (Å²) in [7, 11) is 0. The third kappa shape index (κ3) is 42.9. The van der Waals surface area contributed by atoms with Gasteiger partial charge in [-0.05, 0) is 0 Å². The number of aliphatic carboxylic acids is 1. The highest BCUT2D eigenvalue weighted by Crippen LogP contribution is 1.88. The van der Waals surface area contributed by atoms with Crippen LogP contribution < -0.4 is 5.32 Å². The third-order valence-corrected chi connectivity index (χ3v) is 5.66. The Bertz CT molecular complexity index is 670. The Labute approximate surface area is 292 Å². The first-order valence-corrected chi connectivity index (χ1v) is 17.3. The number of hydrogen-bond donors (Lipinski definition) is 2. The molecule has 18 heteroatoms. The van der Waals surface area contributed by atoms with Crippen molar-refractivity contribution in [2.24, 2.45) is 0 Å². The molecule has 17 nitrogen and oxygen atoms in total. The second kappa shape index (κ2) is 42.1. The van der Waals surface area contributed by atoms with Gasteiger partial charge in [-0.3, -0.25) is 4.79 Å². The first-order chi connectivity index (χ1) is 23.7. The summed E-state index contributed by atoms with van der Waals surface area (Å²) in [6, 6.07) is 0. The average Bonchev–Trinajstić information content (AvgIpc) is 3.07. The molecule has 0 atom stereocenters. The Hall–Kier alpha value is -1.10. The van der Waals surface area contributed by atoms with Crippen LogP contribution in [0.15, 0.2) is 0 Å². The molecule has 1 amide bonds. The van der Waals surface area contributed by atoms with Gasteiger partial charge in [0.1, 0.15) is 13.2 Å². The Kier molecular flexibility index (Phi) is 41.1. The maximum absolute atomic E-state index is 11.4. The molecule has 0 aromatic heterocycles. The molecule has 0 rings (SSSR count). The number of carbonyl (C=O) groups excluding carboxylic acids is 1. The first kappa shape index (κ1) is 46.9. The zero-order valence-corrected chi connectivity index (χ0v) is 29.8. The van der Waals surface area contributed by atoms with Gasteiger partial charge in [-0.15, -0.1) is 0 Å². The van der Waals surface area contributed by atoms with Crippen LogP contribution in [0.5, 0.6) is 0 Å². The summed E-state index contributed by atoms with van der Waals surface area (Å²) in [5.74, 6) is -1.52. The molecule has 286 valence electrons. The molecule has 0 saturated heterocycles. The van der Waals surface area contributed by atoms with E-state index < -0.39 is 18.5 Å². The number of nitrogens with one attached hydrogen (secondary N) is 1. The van der Waals surface area contributed by atoms with E-state index in [-0.39, 0.29) is 6.61 Å². The minimum Gasteiger partial charge on any atom is -0.480 e. The highest BCUT2D eigenvalue weighted by atomic mass is 79.9. The van der Waals surface area contributed by atoms with E-state index in [1.807, 2.05) is 0 Å². The zero-order valence-electron chi connectivity index (χ0n) is 28.2. The summed E-state index contributed by atoms with van der Waals surface area (Å²) in [5, 5.41) is 11.8. The molecular weight excluding hydrogens is 710 g/mol. The van der Waals surface area contributed by atoms with Crippen LogP contribution in [0.25, 0.3) is 0 Å². The van der Waals surface area contributed by atoms with Crippen molar-refractivity contribution in [2.75, 3.05) is 184 Å². The Morgan fingerprint density at radius 1 is 0.375 bits per heavy atom.